The first-order valence-corrected chi connectivity index (χ1v) is 7.55. The van der Waals surface area contributed by atoms with Crippen LogP contribution in [-0.4, -0.2) is 28.5 Å². The van der Waals surface area contributed by atoms with Crippen molar-refractivity contribution >= 4 is 11.9 Å². The van der Waals surface area contributed by atoms with Gasteiger partial charge in [-0.15, -0.1) is 0 Å². The summed E-state index contributed by atoms with van der Waals surface area (Å²) in [5.41, 5.74) is -0.795. The summed E-state index contributed by atoms with van der Waals surface area (Å²) in [4.78, 5) is 25.9. The molecule has 0 radical (unpaired) electrons. The minimum absolute atomic E-state index is 0.0973. The molecule has 1 aliphatic heterocycles. The number of hydrogen-bond donors (Lipinski definition) is 2. The minimum atomic E-state index is -1.49. The van der Waals surface area contributed by atoms with Gasteiger partial charge in [-0.1, -0.05) is 48.5 Å². The Balaban J connectivity index is 1.86. The van der Waals surface area contributed by atoms with Gasteiger partial charge in [0.1, 0.15) is 11.4 Å². The van der Waals surface area contributed by atoms with Gasteiger partial charge < -0.3 is 10.4 Å². The van der Waals surface area contributed by atoms with E-state index in [0.717, 1.165) is 4.90 Å². The van der Waals surface area contributed by atoms with E-state index < -0.39 is 29.4 Å². The van der Waals surface area contributed by atoms with E-state index in [2.05, 4.69) is 5.32 Å². The van der Waals surface area contributed by atoms with Crippen molar-refractivity contribution in [2.75, 3.05) is 6.54 Å². The molecule has 1 saturated heterocycles. The highest BCUT2D eigenvalue weighted by Gasteiger charge is 2.50. The van der Waals surface area contributed by atoms with Crippen molar-refractivity contribution in [1.82, 2.24) is 10.2 Å². The summed E-state index contributed by atoms with van der Waals surface area (Å²) in [6.07, 6.45) is -1.01. The second kappa shape index (κ2) is 6.05. The lowest BCUT2D eigenvalue weighted by Crippen LogP contribution is -2.42. The van der Waals surface area contributed by atoms with Crippen molar-refractivity contribution in [3.8, 4) is 0 Å². The fraction of sp³-hybridized carbons (Fsp3) is 0.222. The Morgan fingerprint density at radius 1 is 1.12 bits per heavy atom. The molecule has 2 aromatic rings. The number of benzene rings is 2. The average molecular weight is 328 g/mol. The van der Waals surface area contributed by atoms with Gasteiger partial charge in [-0.25, -0.2) is 9.18 Å². The number of urea groups is 1. The predicted octanol–water partition coefficient (Wildman–Crippen LogP) is 2.33. The molecule has 2 N–H and O–H groups in total. The van der Waals surface area contributed by atoms with E-state index in [9.17, 15) is 19.1 Å². The second-order valence-corrected chi connectivity index (χ2v) is 5.88. The summed E-state index contributed by atoms with van der Waals surface area (Å²) >= 11 is 0. The smallest absolute Gasteiger partial charge is 0.325 e. The zero-order valence-electron chi connectivity index (χ0n) is 13.1. The van der Waals surface area contributed by atoms with E-state index in [4.69, 9.17) is 0 Å². The highest BCUT2D eigenvalue weighted by atomic mass is 19.1. The second-order valence-electron chi connectivity index (χ2n) is 5.88. The molecule has 1 aliphatic rings. The summed E-state index contributed by atoms with van der Waals surface area (Å²) in [5, 5.41) is 12.8. The van der Waals surface area contributed by atoms with Crippen LogP contribution in [0.15, 0.2) is 54.6 Å². The zero-order valence-corrected chi connectivity index (χ0v) is 13.1. The van der Waals surface area contributed by atoms with Crippen LogP contribution in [0.3, 0.4) is 0 Å². The molecular weight excluding hydrogens is 311 g/mol. The van der Waals surface area contributed by atoms with Crippen LogP contribution in [-0.2, 0) is 10.3 Å². The Morgan fingerprint density at radius 2 is 1.75 bits per heavy atom. The fourth-order valence-electron chi connectivity index (χ4n) is 2.87. The van der Waals surface area contributed by atoms with Gasteiger partial charge in [-0.05, 0) is 18.6 Å². The summed E-state index contributed by atoms with van der Waals surface area (Å²) in [6.45, 7) is 1.26. The van der Waals surface area contributed by atoms with Crippen LogP contribution in [0, 0.1) is 5.82 Å². The zero-order chi connectivity index (χ0) is 17.3. The van der Waals surface area contributed by atoms with Crippen LogP contribution in [0.1, 0.15) is 24.2 Å². The minimum Gasteiger partial charge on any atom is -0.387 e. The van der Waals surface area contributed by atoms with E-state index >= 15 is 0 Å². The number of halogens is 1. The topological polar surface area (TPSA) is 69.6 Å². The highest BCUT2D eigenvalue weighted by molar-refractivity contribution is 6.07. The Bertz CT molecular complexity index is 781. The number of nitrogens with one attached hydrogen (secondary N) is 1. The molecule has 1 heterocycles. The maximum atomic E-state index is 14.1. The molecule has 24 heavy (non-hydrogen) atoms. The molecule has 3 rings (SSSR count). The lowest BCUT2D eigenvalue weighted by molar-refractivity contribution is -0.132. The van der Waals surface area contributed by atoms with Crippen LogP contribution >= 0.6 is 0 Å². The van der Waals surface area contributed by atoms with E-state index in [1.54, 1.807) is 36.4 Å². The van der Waals surface area contributed by atoms with E-state index in [1.807, 2.05) is 0 Å². The number of aliphatic hydroxyl groups is 1. The molecule has 0 unspecified atom stereocenters. The molecule has 0 aliphatic carbocycles. The van der Waals surface area contributed by atoms with Gasteiger partial charge in [-0.2, -0.15) is 0 Å². The van der Waals surface area contributed by atoms with Crippen LogP contribution in [0.25, 0.3) is 0 Å². The molecule has 0 bridgehead atoms. The van der Waals surface area contributed by atoms with Gasteiger partial charge in [0.15, 0.2) is 0 Å². The lowest BCUT2D eigenvalue weighted by atomic mass is 9.91. The van der Waals surface area contributed by atoms with Crippen molar-refractivity contribution in [2.24, 2.45) is 0 Å². The molecule has 1 fully saturated rings. The SMILES string of the molecule is C[C@]1(c2ccccc2F)NC(=O)N(C[C@@H](O)c2ccccc2)C1=O. The van der Waals surface area contributed by atoms with Gasteiger partial charge in [0, 0.05) is 5.56 Å². The van der Waals surface area contributed by atoms with Crippen molar-refractivity contribution < 1.29 is 19.1 Å². The van der Waals surface area contributed by atoms with Gasteiger partial charge in [0.2, 0.25) is 0 Å². The van der Waals surface area contributed by atoms with E-state index in [0.29, 0.717) is 5.56 Å². The number of hydrogen-bond acceptors (Lipinski definition) is 3. The van der Waals surface area contributed by atoms with Crippen molar-refractivity contribution in [3.63, 3.8) is 0 Å². The molecule has 2 aromatic carbocycles. The van der Waals surface area contributed by atoms with Gasteiger partial charge >= 0.3 is 6.03 Å². The number of aliphatic hydroxyl groups excluding tert-OH is 1. The van der Waals surface area contributed by atoms with Crippen LogP contribution < -0.4 is 5.32 Å². The summed E-state index contributed by atoms with van der Waals surface area (Å²) in [5.74, 6) is -1.16. The number of amides is 3. The Morgan fingerprint density at radius 3 is 2.42 bits per heavy atom. The first-order valence-electron chi connectivity index (χ1n) is 7.55. The molecule has 2 atom stereocenters. The molecule has 6 heteroatoms. The van der Waals surface area contributed by atoms with E-state index in [-0.39, 0.29) is 12.1 Å². The molecule has 5 nitrogen and oxygen atoms in total. The number of nitrogens with zero attached hydrogens (tertiary/aromatic N) is 1. The third kappa shape index (κ3) is 2.65. The third-order valence-electron chi connectivity index (χ3n) is 4.23. The Labute approximate surface area is 138 Å². The number of carbonyl (C=O) groups is 2. The lowest BCUT2D eigenvalue weighted by Gasteiger charge is -2.23. The number of β-amino-alcohol motifs (C(OH)–C–C–N with tert-alkyl or cyclic N) is 1. The first-order chi connectivity index (χ1) is 11.4. The standard InChI is InChI=1S/C18H17FN2O3/c1-18(13-9-5-6-10-14(13)19)16(23)21(17(24)20-18)11-15(22)12-7-3-2-4-8-12/h2-10,15,22H,11H2,1H3,(H,20,24)/t15-,18-/m1/s1. The average Bonchev–Trinajstić information content (AvgIpc) is 2.80. The van der Waals surface area contributed by atoms with Crippen molar-refractivity contribution in [1.29, 1.82) is 0 Å². The van der Waals surface area contributed by atoms with Crippen LogP contribution in [0.4, 0.5) is 9.18 Å². The highest BCUT2D eigenvalue weighted by Crippen LogP contribution is 2.31. The predicted molar refractivity (Wildman–Crippen MR) is 85.4 cm³/mol. The monoisotopic (exact) mass is 328 g/mol. The van der Waals surface area contributed by atoms with Gasteiger partial charge in [0.25, 0.3) is 5.91 Å². The maximum Gasteiger partial charge on any atom is 0.325 e. The maximum absolute atomic E-state index is 14.1. The molecule has 0 aromatic heterocycles. The summed E-state index contributed by atoms with van der Waals surface area (Å²) < 4.78 is 14.1. The molecule has 124 valence electrons. The Hall–Kier alpha value is -2.73. The molecular formula is C18H17FN2O3. The quantitative estimate of drug-likeness (QED) is 0.846. The number of rotatable bonds is 4. The normalized spacial score (nSPS) is 21.7. The van der Waals surface area contributed by atoms with Gasteiger partial charge in [0.05, 0.1) is 12.6 Å². The fourth-order valence-corrected chi connectivity index (χ4v) is 2.87. The molecule has 3 amide bonds. The molecule has 0 spiro atoms. The summed E-state index contributed by atoms with van der Waals surface area (Å²) in [7, 11) is 0. The first kappa shape index (κ1) is 16.1. The third-order valence-corrected chi connectivity index (χ3v) is 4.23. The Kier molecular flexibility index (Phi) is 4.07. The van der Waals surface area contributed by atoms with Crippen molar-refractivity contribution in [3.05, 3.63) is 71.5 Å². The number of carbonyl (C=O) groups excluding carboxylic acids is 2. The largest absolute Gasteiger partial charge is 0.387 e. The van der Waals surface area contributed by atoms with Gasteiger partial charge in [-0.3, -0.25) is 9.69 Å². The van der Waals surface area contributed by atoms with Crippen LogP contribution in [0.5, 0.6) is 0 Å². The van der Waals surface area contributed by atoms with Crippen molar-refractivity contribution in [2.45, 2.75) is 18.6 Å². The van der Waals surface area contributed by atoms with Crippen LogP contribution in [0.2, 0.25) is 0 Å². The van der Waals surface area contributed by atoms with E-state index in [1.165, 1.54) is 25.1 Å². The molecule has 0 saturated carbocycles. The number of imide groups is 1. The summed E-state index contributed by atoms with van der Waals surface area (Å²) in [6, 6.07) is 13.9.